The average Bonchev–Trinajstić information content (AvgIpc) is 2.89. The Morgan fingerprint density at radius 3 is 1.06 bits per heavy atom. The van der Waals surface area contributed by atoms with Gasteiger partial charge in [-0.05, 0) is 42.8 Å². The Hall–Kier alpha value is -3.93. The summed E-state index contributed by atoms with van der Waals surface area (Å²) in [5, 5.41) is 0. The molecule has 0 spiro atoms. The molecule has 6 heteroatoms. The van der Waals surface area contributed by atoms with Crippen molar-refractivity contribution in [3.05, 3.63) is 108 Å². The zero-order valence-corrected chi connectivity index (χ0v) is 18.4. The summed E-state index contributed by atoms with van der Waals surface area (Å²) >= 11 is 0. The van der Waals surface area contributed by atoms with Gasteiger partial charge in [-0.25, -0.2) is 14.4 Å². The van der Waals surface area contributed by atoms with Crippen molar-refractivity contribution in [3.8, 4) is 0 Å². The van der Waals surface area contributed by atoms with Crippen LogP contribution in [0.25, 0.3) is 0 Å². The molecule has 0 radical (unpaired) electrons. The summed E-state index contributed by atoms with van der Waals surface area (Å²) in [6, 6.07) is 25.8. The number of esters is 3. The smallest absolute Gasteiger partial charge is 0.338 e. The molecule has 0 aliphatic heterocycles. The lowest BCUT2D eigenvalue weighted by molar-refractivity contribution is -0.0381. The number of rotatable bonds is 10. The molecule has 0 saturated carbocycles. The van der Waals surface area contributed by atoms with Crippen LogP contribution in [0.1, 0.15) is 44.4 Å². The molecule has 3 aromatic rings. The van der Waals surface area contributed by atoms with Gasteiger partial charge in [-0.1, -0.05) is 61.5 Å². The Morgan fingerprint density at radius 2 is 0.818 bits per heavy atom. The third-order valence-electron chi connectivity index (χ3n) is 5.31. The van der Waals surface area contributed by atoms with Crippen molar-refractivity contribution in [1.29, 1.82) is 0 Å². The van der Waals surface area contributed by atoms with E-state index in [1.807, 2.05) is 6.92 Å². The lowest BCUT2D eigenvalue weighted by Crippen LogP contribution is -2.39. The second-order valence-corrected chi connectivity index (χ2v) is 7.68. The summed E-state index contributed by atoms with van der Waals surface area (Å²) in [6.45, 7) is 1.62. The molecule has 0 saturated heterocycles. The number of carbonyl (C=O) groups excluding carboxylic acids is 3. The minimum atomic E-state index is -0.903. The number of hydrogen-bond acceptors (Lipinski definition) is 6. The summed E-state index contributed by atoms with van der Waals surface area (Å²) in [4.78, 5) is 37.5. The fourth-order valence-electron chi connectivity index (χ4n) is 3.06. The normalized spacial score (nSPS) is 10.8. The van der Waals surface area contributed by atoms with E-state index in [0.717, 1.165) is 0 Å². The third-order valence-corrected chi connectivity index (χ3v) is 5.31. The first kappa shape index (κ1) is 23.7. The highest BCUT2D eigenvalue weighted by atomic mass is 16.6. The molecule has 3 rings (SSSR count). The first-order valence-corrected chi connectivity index (χ1v) is 10.7. The maximum absolute atomic E-state index is 12.5. The van der Waals surface area contributed by atoms with Gasteiger partial charge in [0.2, 0.25) is 0 Å². The largest absolute Gasteiger partial charge is 0.461 e. The van der Waals surface area contributed by atoms with Crippen LogP contribution in [0.5, 0.6) is 0 Å². The molecule has 3 aromatic carbocycles. The van der Waals surface area contributed by atoms with Crippen LogP contribution in [0.4, 0.5) is 0 Å². The van der Waals surface area contributed by atoms with Gasteiger partial charge in [0.1, 0.15) is 19.8 Å². The molecule has 170 valence electrons. The standard InChI is InChI=1S/C27H26O6/c1-2-27(18-31-24(28)21-12-6-3-7-13-21,19-32-25(29)22-14-8-4-9-15-22)20-33-26(30)23-16-10-5-11-17-23/h3-17H,2,18-20H2,1H3. The van der Waals surface area contributed by atoms with Crippen molar-refractivity contribution in [2.45, 2.75) is 13.3 Å². The second kappa shape index (κ2) is 11.6. The van der Waals surface area contributed by atoms with Crippen molar-refractivity contribution in [2.24, 2.45) is 5.41 Å². The fourth-order valence-corrected chi connectivity index (χ4v) is 3.06. The van der Waals surface area contributed by atoms with E-state index in [1.54, 1.807) is 91.0 Å². The van der Waals surface area contributed by atoms with Gasteiger partial charge in [-0.2, -0.15) is 0 Å². The predicted octanol–water partition coefficient (Wildman–Crippen LogP) is 4.95. The van der Waals surface area contributed by atoms with Crippen LogP contribution in [-0.4, -0.2) is 37.7 Å². The van der Waals surface area contributed by atoms with Crippen LogP contribution in [0.15, 0.2) is 91.0 Å². The van der Waals surface area contributed by atoms with E-state index in [1.165, 1.54) is 0 Å². The molecule has 0 N–H and O–H groups in total. The van der Waals surface area contributed by atoms with Gasteiger partial charge in [0.15, 0.2) is 0 Å². The molecular weight excluding hydrogens is 420 g/mol. The minimum absolute atomic E-state index is 0.0820. The molecule has 33 heavy (non-hydrogen) atoms. The van der Waals surface area contributed by atoms with Crippen LogP contribution >= 0.6 is 0 Å². The summed E-state index contributed by atoms with van der Waals surface area (Å²) in [5.41, 5.74) is 0.319. The second-order valence-electron chi connectivity index (χ2n) is 7.68. The lowest BCUT2D eigenvalue weighted by Gasteiger charge is -2.31. The Morgan fingerprint density at radius 1 is 0.545 bits per heavy atom. The SMILES string of the molecule is CCC(COC(=O)c1ccccc1)(COC(=O)c1ccccc1)COC(=O)c1ccccc1. The maximum atomic E-state index is 12.5. The van der Waals surface area contributed by atoms with Crippen LogP contribution in [-0.2, 0) is 14.2 Å². The van der Waals surface area contributed by atoms with Crippen molar-refractivity contribution in [3.63, 3.8) is 0 Å². The van der Waals surface area contributed by atoms with Gasteiger partial charge in [0.25, 0.3) is 0 Å². The number of carbonyl (C=O) groups is 3. The van der Waals surface area contributed by atoms with Crippen LogP contribution in [0.3, 0.4) is 0 Å². The van der Waals surface area contributed by atoms with Crippen LogP contribution < -0.4 is 0 Å². The minimum Gasteiger partial charge on any atom is -0.461 e. The van der Waals surface area contributed by atoms with Crippen molar-refractivity contribution >= 4 is 17.9 Å². The number of hydrogen-bond donors (Lipinski definition) is 0. The summed E-state index contributed by atoms with van der Waals surface area (Å²) < 4.78 is 16.6. The summed E-state index contributed by atoms with van der Waals surface area (Å²) in [5.74, 6) is -1.51. The molecule has 0 atom stereocenters. The molecule has 6 nitrogen and oxygen atoms in total. The topological polar surface area (TPSA) is 78.9 Å². The summed E-state index contributed by atoms with van der Waals surface area (Å²) in [6.07, 6.45) is 0.444. The van der Waals surface area contributed by atoms with E-state index in [2.05, 4.69) is 0 Å². The zero-order valence-electron chi connectivity index (χ0n) is 18.4. The first-order valence-electron chi connectivity index (χ1n) is 10.7. The number of benzene rings is 3. The lowest BCUT2D eigenvalue weighted by atomic mass is 9.88. The average molecular weight is 446 g/mol. The molecule has 0 heterocycles. The molecular formula is C27H26O6. The van der Waals surface area contributed by atoms with Crippen LogP contribution in [0.2, 0.25) is 0 Å². The molecule has 0 aromatic heterocycles. The molecule has 0 amide bonds. The quantitative estimate of drug-likeness (QED) is 0.324. The molecule has 0 aliphatic rings. The van der Waals surface area contributed by atoms with E-state index in [-0.39, 0.29) is 19.8 Å². The van der Waals surface area contributed by atoms with Crippen molar-refractivity contribution in [1.82, 2.24) is 0 Å². The summed E-state index contributed by atoms with van der Waals surface area (Å²) in [7, 11) is 0. The van der Waals surface area contributed by atoms with Gasteiger partial charge in [0.05, 0.1) is 22.1 Å². The van der Waals surface area contributed by atoms with E-state index in [9.17, 15) is 14.4 Å². The Bertz CT molecular complexity index is 913. The first-order chi connectivity index (χ1) is 16.0. The number of ether oxygens (including phenoxy) is 3. The predicted molar refractivity (Wildman–Crippen MR) is 123 cm³/mol. The third kappa shape index (κ3) is 6.77. The maximum Gasteiger partial charge on any atom is 0.338 e. The van der Waals surface area contributed by atoms with E-state index in [4.69, 9.17) is 14.2 Å². The van der Waals surface area contributed by atoms with E-state index >= 15 is 0 Å². The van der Waals surface area contributed by atoms with Crippen LogP contribution in [0, 0.1) is 5.41 Å². The highest BCUT2D eigenvalue weighted by Gasteiger charge is 2.34. The Labute approximate surface area is 193 Å². The Balaban J connectivity index is 1.71. The van der Waals surface area contributed by atoms with Gasteiger partial charge >= 0.3 is 17.9 Å². The molecule has 0 aliphatic carbocycles. The van der Waals surface area contributed by atoms with Gasteiger partial charge in [0, 0.05) is 0 Å². The van der Waals surface area contributed by atoms with Crippen molar-refractivity contribution in [2.75, 3.05) is 19.8 Å². The van der Waals surface area contributed by atoms with E-state index < -0.39 is 23.3 Å². The monoisotopic (exact) mass is 446 g/mol. The van der Waals surface area contributed by atoms with Crippen molar-refractivity contribution < 1.29 is 28.6 Å². The Kier molecular flexibility index (Phi) is 8.36. The fraction of sp³-hybridized carbons (Fsp3) is 0.222. The van der Waals surface area contributed by atoms with Gasteiger partial charge in [-0.3, -0.25) is 0 Å². The zero-order chi connectivity index (χ0) is 23.5. The van der Waals surface area contributed by atoms with Gasteiger partial charge in [-0.15, -0.1) is 0 Å². The van der Waals surface area contributed by atoms with Gasteiger partial charge < -0.3 is 14.2 Å². The molecule has 0 fully saturated rings. The molecule has 0 unspecified atom stereocenters. The molecule has 0 bridgehead atoms. The highest BCUT2D eigenvalue weighted by Crippen LogP contribution is 2.26. The highest BCUT2D eigenvalue weighted by molar-refractivity contribution is 5.90. The van der Waals surface area contributed by atoms with E-state index in [0.29, 0.717) is 23.1 Å².